The van der Waals surface area contributed by atoms with Gasteiger partial charge in [-0.2, -0.15) is 0 Å². The van der Waals surface area contributed by atoms with Gasteiger partial charge in [0.05, 0.1) is 11.0 Å². The summed E-state index contributed by atoms with van der Waals surface area (Å²) in [6, 6.07) is 15.2. The maximum absolute atomic E-state index is 12.7. The van der Waals surface area contributed by atoms with Crippen LogP contribution < -0.4 is 15.0 Å². The van der Waals surface area contributed by atoms with Crippen LogP contribution in [0.3, 0.4) is 0 Å². The number of aryl methyl sites for hydroxylation is 1. The second kappa shape index (κ2) is 9.93. The first kappa shape index (κ1) is 24.3. The van der Waals surface area contributed by atoms with Gasteiger partial charge >= 0.3 is 0 Å². The highest BCUT2D eigenvalue weighted by molar-refractivity contribution is 5.95. The third kappa shape index (κ3) is 4.72. The van der Waals surface area contributed by atoms with Gasteiger partial charge in [-0.3, -0.25) is 14.6 Å². The van der Waals surface area contributed by atoms with Gasteiger partial charge in [0.2, 0.25) is 11.9 Å². The second-order valence-corrected chi connectivity index (χ2v) is 8.99. The van der Waals surface area contributed by atoms with Gasteiger partial charge in [0.1, 0.15) is 17.2 Å². The number of hydrogen-bond donors (Lipinski definition) is 1. The van der Waals surface area contributed by atoms with E-state index in [0.29, 0.717) is 42.8 Å². The number of benzene rings is 2. The SMILES string of the molecule is CCN(CC)C(=O)c1cc(Oc2ccc3c(c2)nc(Nc2ccc4c(c2)N(C(C)=O)CC4)n3C)ccn1. The Bertz CT molecular complexity index is 1490. The van der Waals surface area contributed by atoms with Crippen LogP contribution >= 0.6 is 0 Å². The first-order valence-corrected chi connectivity index (χ1v) is 12.5. The number of nitrogens with zero attached hydrogens (tertiary/aromatic N) is 5. The van der Waals surface area contributed by atoms with Crippen molar-refractivity contribution >= 4 is 40.2 Å². The molecule has 3 heterocycles. The monoisotopic (exact) mass is 498 g/mol. The zero-order valence-electron chi connectivity index (χ0n) is 21.5. The molecule has 9 heteroatoms. The quantitative estimate of drug-likeness (QED) is 0.390. The zero-order valence-corrected chi connectivity index (χ0v) is 21.5. The minimum absolute atomic E-state index is 0.0462. The van der Waals surface area contributed by atoms with Crippen molar-refractivity contribution in [1.82, 2.24) is 19.4 Å². The number of ether oxygens (including phenoxy) is 1. The number of amides is 2. The lowest BCUT2D eigenvalue weighted by Crippen LogP contribution is -2.31. The molecular formula is C28H30N6O3. The molecule has 1 aliphatic rings. The standard InChI is InChI=1S/C28H30N6O3/c1-5-33(6-2)27(36)24-17-22(11-13-29-24)37-21-9-10-25-23(16-21)31-28(32(25)4)30-20-8-7-19-12-14-34(18(3)35)26(19)15-20/h7-11,13,15-17H,5-6,12,14H2,1-4H3,(H,30,31). The number of rotatable bonds is 7. The van der Waals surface area contributed by atoms with Crippen LogP contribution in [0.1, 0.15) is 36.8 Å². The first-order valence-electron chi connectivity index (χ1n) is 12.5. The van der Waals surface area contributed by atoms with E-state index in [1.165, 1.54) is 5.56 Å². The van der Waals surface area contributed by atoms with Gasteiger partial charge in [-0.25, -0.2) is 4.98 Å². The minimum atomic E-state index is -0.121. The average Bonchev–Trinajstić information content (AvgIpc) is 3.45. The van der Waals surface area contributed by atoms with Crippen molar-refractivity contribution in [2.45, 2.75) is 27.2 Å². The van der Waals surface area contributed by atoms with Crippen molar-refractivity contribution < 1.29 is 14.3 Å². The number of carbonyl (C=O) groups is 2. The van der Waals surface area contributed by atoms with E-state index in [1.54, 1.807) is 35.1 Å². The summed E-state index contributed by atoms with van der Waals surface area (Å²) in [4.78, 5) is 37.2. The number of aromatic nitrogens is 3. The van der Waals surface area contributed by atoms with Gasteiger partial charge in [-0.15, -0.1) is 0 Å². The van der Waals surface area contributed by atoms with Crippen molar-refractivity contribution in [1.29, 1.82) is 0 Å². The van der Waals surface area contributed by atoms with Gasteiger partial charge in [0, 0.05) is 63.3 Å². The number of anilines is 3. The summed E-state index contributed by atoms with van der Waals surface area (Å²) in [7, 11) is 1.95. The number of nitrogens with one attached hydrogen (secondary N) is 1. The Morgan fingerprint density at radius 3 is 2.59 bits per heavy atom. The molecule has 2 aromatic heterocycles. The van der Waals surface area contributed by atoms with Crippen LogP contribution in [0, 0.1) is 0 Å². The van der Waals surface area contributed by atoms with Crippen molar-refractivity contribution in [2.75, 3.05) is 29.9 Å². The van der Waals surface area contributed by atoms with Gasteiger partial charge < -0.3 is 24.4 Å². The number of pyridine rings is 1. The van der Waals surface area contributed by atoms with Gasteiger partial charge in [-0.05, 0) is 56.2 Å². The maximum Gasteiger partial charge on any atom is 0.272 e. The Morgan fingerprint density at radius 1 is 1.05 bits per heavy atom. The predicted octanol–water partition coefficient (Wildman–Crippen LogP) is 4.90. The molecule has 5 rings (SSSR count). The summed E-state index contributed by atoms with van der Waals surface area (Å²) in [6.07, 6.45) is 2.45. The summed E-state index contributed by atoms with van der Waals surface area (Å²) >= 11 is 0. The van der Waals surface area contributed by atoms with Crippen molar-refractivity contribution in [3.8, 4) is 11.5 Å². The average molecular weight is 499 g/mol. The van der Waals surface area contributed by atoms with Crippen molar-refractivity contribution in [2.24, 2.45) is 7.05 Å². The lowest BCUT2D eigenvalue weighted by Gasteiger charge is -2.18. The lowest BCUT2D eigenvalue weighted by atomic mass is 10.1. The largest absolute Gasteiger partial charge is 0.457 e. The fourth-order valence-corrected chi connectivity index (χ4v) is 4.67. The smallest absolute Gasteiger partial charge is 0.272 e. The molecule has 190 valence electrons. The van der Waals surface area contributed by atoms with E-state index in [1.807, 2.05) is 55.8 Å². The molecule has 0 fully saturated rings. The molecule has 0 atom stereocenters. The van der Waals surface area contributed by atoms with E-state index in [9.17, 15) is 9.59 Å². The lowest BCUT2D eigenvalue weighted by molar-refractivity contribution is -0.116. The van der Waals surface area contributed by atoms with E-state index >= 15 is 0 Å². The van der Waals surface area contributed by atoms with E-state index in [0.717, 1.165) is 28.8 Å². The number of hydrogen-bond acceptors (Lipinski definition) is 6. The number of carbonyl (C=O) groups excluding carboxylic acids is 2. The zero-order chi connectivity index (χ0) is 26.1. The summed E-state index contributed by atoms with van der Waals surface area (Å²) in [5.41, 5.74) is 5.04. The van der Waals surface area contributed by atoms with Crippen LogP contribution in [0.2, 0.25) is 0 Å². The maximum atomic E-state index is 12.7. The molecule has 0 saturated carbocycles. The molecule has 1 aliphatic heterocycles. The molecule has 0 saturated heterocycles. The molecule has 0 aliphatic carbocycles. The molecule has 0 bridgehead atoms. The molecular weight excluding hydrogens is 468 g/mol. The first-order chi connectivity index (χ1) is 17.9. The fourth-order valence-electron chi connectivity index (χ4n) is 4.67. The molecule has 2 aromatic carbocycles. The predicted molar refractivity (Wildman–Crippen MR) is 144 cm³/mol. The van der Waals surface area contributed by atoms with Crippen LogP contribution in [-0.4, -0.2) is 50.9 Å². The van der Waals surface area contributed by atoms with Gasteiger partial charge in [0.15, 0.2) is 0 Å². The van der Waals surface area contributed by atoms with Crippen molar-refractivity contribution in [3.63, 3.8) is 0 Å². The van der Waals surface area contributed by atoms with Crippen LogP contribution in [0.15, 0.2) is 54.7 Å². The van der Waals surface area contributed by atoms with Crippen LogP contribution in [0.25, 0.3) is 11.0 Å². The third-order valence-corrected chi connectivity index (χ3v) is 6.71. The topological polar surface area (TPSA) is 92.6 Å². The van der Waals surface area contributed by atoms with Crippen molar-refractivity contribution in [3.05, 3.63) is 66.0 Å². The van der Waals surface area contributed by atoms with E-state index in [4.69, 9.17) is 9.72 Å². The highest BCUT2D eigenvalue weighted by atomic mass is 16.5. The summed E-state index contributed by atoms with van der Waals surface area (Å²) in [6.45, 7) is 7.43. The van der Waals surface area contributed by atoms with Crippen LogP contribution in [-0.2, 0) is 18.3 Å². The number of fused-ring (bicyclic) bond motifs is 2. The summed E-state index contributed by atoms with van der Waals surface area (Å²) in [5, 5.41) is 3.38. The summed E-state index contributed by atoms with van der Waals surface area (Å²) < 4.78 is 8.03. The Hall–Kier alpha value is -4.40. The Morgan fingerprint density at radius 2 is 1.84 bits per heavy atom. The molecule has 9 nitrogen and oxygen atoms in total. The number of imidazole rings is 1. The van der Waals surface area contributed by atoms with Crippen LogP contribution in [0.4, 0.5) is 17.3 Å². The third-order valence-electron chi connectivity index (χ3n) is 6.71. The highest BCUT2D eigenvalue weighted by Gasteiger charge is 2.22. The summed E-state index contributed by atoms with van der Waals surface area (Å²) in [5.74, 6) is 1.75. The fraction of sp³-hybridized carbons (Fsp3) is 0.286. The molecule has 37 heavy (non-hydrogen) atoms. The molecule has 0 unspecified atom stereocenters. The molecule has 1 N–H and O–H groups in total. The highest BCUT2D eigenvalue weighted by Crippen LogP contribution is 2.33. The van der Waals surface area contributed by atoms with Crippen LogP contribution in [0.5, 0.6) is 11.5 Å². The van der Waals surface area contributed by atoms with Gasteiger partial charge in [-0.1, -0.05) is 6.07 Å². The Labute approximate surface area is 215 Å². The van der Waals surface area contributed by atoms with E-state index in [2.05, 4.69) is 16.4 Å². The Kier molecular flexibility index (Phi) is 6.52. The van der Waals surface area contributed by atoms with Gasteiger partial charge in [0.25, 0.3) is 5.91 Å². The Balaban J connectivity index is 1.37. The normalized spacial score (nSPS) is 12.5. The van der Waals surface area contributed by atoms with E-state index < -0.39 is 0 Å². The molecule has 0 radical (unpaired) electrons. The molecule has 2 amide bonds. The second-order valence-electron chi connectivity index (χ2n) is 8.99. The molecule has 0 spiro atoms. The minimum Gasteiger partial charge on any atom is -0.457 e. The van der Waals surface area contributed by atoms with E-state index in [-0.39, 0.29) is 11.8 Å². The molecule has 4 aromatic rings.